The first-order valence-electron chi connectivity index (χ1n) is 7.74. The van der Waals surface area contributed by atoms with E-state index in [1.165, 1.54) is 0 Å². The fourth-order valence-electron chi connectivity index (χ4n) is 3.19. The van der Waals surface area contributed by atoms with Crippen molar-refractivity contribution in [3.05, 3.63) is 59.2 Å². The van der Waals surface area contributed by atoms with Crippen LogP contribution in [0.25, 0.3) is 0 Å². The zero-order valence-corrected chi connectivity index (χ0v) is 14.2. The third-order valence-corrected chi connectivity index (χ3v) is 5.34. The summed E-state index contributed by atoms with van der Waals surface area (Å²) in [6.07, 6.45) is 4.31. The van der Waals surface area contributed by atoms with Crippen molar-refractivity contribution in [2.75, 3.05) is 13.4 Å². The Labute approximate surface area is 139 Å². The summed E-state index contributed by atoms with van der Waals surface area (Å²) in [5, 5.41) is 0. The zero-order chi connectivity index (χ0) is 16.4. The van der Waals surface area contributed by atoms with Crippen LogP contribution in [0.2, 0.25) is 0 Å². The summed E-state index contributed by atoms with van der Waals surface area (Å²) < 4.78 is 17.0. The summed E-state index contributed by atoms with van der Waals surface area (Å²) in [4.78, 5) is 13.8. The van der Waals surface area contributed by atoms with Gasteiger partial charge in [-0.2, -0.15) is 0 Å². The number of methoxy groups -OCH3 is 1. The number of benzene rings is 2. The summed E-state index contributed by atoms with van der Waals surface area (Å²) in [5.41, 5.74) is 2.81. The monoisotopic (exact) mass is 328 g/mol. The topological polar surface area (TPSA) is 43.4 Å². The first-order valence-corrected chi connectivity index (χ1v) is 9.30. The molecular formula is C19H20O3S. The molecule has 1 aliphatic rings. The second-order valence-electron chi connectivity index (χ2n) is 5.86. The number of carbonyl (C=O) groups excluding carboxylic acids is 1. The standard InChI is InChI=1S/C19H20O3S/c1-22-15-9-10-18-13(11-15)6-4-8-17(19(18)20)14-5-3-7-16(12-14)23(2)21/h3,5,7,9-12,17H,4,6,8H2,1-2H3. The Hall–Kier alpha value is -1.94. The lowest BCUT2D eigenvalue weighted by Crippen LogP contribution is -2.12. The molecular weight excluding hydrogens is 308 g/mol. The predicted octanol–water partition coefficient (Wildman–Crippen LogP) is 3.74. The van der Waals surface area contributed by atoms with Crippen molar-refractivity contribution >= 4 is 16.6 Å². The van der Waals surface area contributed by atoms with Crippen molar-refractivity contribution in [2.45, 2.75) is 30.1 Å². The van der Waals surface area contributed by atoms with Crippen LogP contribution in [0.1, 0.15) is 40.2 Å². The molecule has 2 atom stereocenters. The quantitative estimate of drug-likeness (QED) is 0.806. The minimum atomic E-state index is -1.04. The van der Waals surface area contributed by atoms with E-state index in [4.69, 9.17) is 4.74 Å². The Balaban J connectivity index is 1.99. The van der Waals surface area contributed by atoms with Gasteiger partial charge in [0.2, 0.25) is 0 Å². The molecule has 0 saturated heterocycles. The SMILES string of the molecule is COc1ccc2c(c1)CCCC(c1cccc(S(C)=O)c1)C2=O. The fraction of sp³-hybridized carbons (Fsp3) is 0.316. The van der Waals surface area contributed by atoms with Crippen molar-refractivity contribution in [3.8, 4) is 5.75 Å². The van der Waals surface area contributed by atoms with Crippen LogP contribution in [0.4, 0.5) is 0 Å². The highest BCUT2D eigenvalue weighted by Crippen LogP contribution is 2.33. The van der Waals surface area contributed by atoms with Crippen molar-refractivity contribution < 1.29 is 13.7 Å². The molecule has 2 aromatic rings. The second kappa shape index (κ2) is 6.67. The molecule has 0 bridgehead atoms. The van der Waals surface area contributed by atoms with E-state index >= 15 is 0 Å². The Morgan fingerprint density at radius 1 is 1.17 bits per heavy atom. The molecule has 1 aliphatic carbocycles. The highest BCUT2D eigenvalue weighted by atomic mass is 32.2. The first kappa shape index (κ1) is 15.9. The maximum atomic E-state index is 13.0. The van der Waals surface area contributed by atoms with Gasteiger partial charge in [0.1, 0.15) is 5.75 Å². The zero-order valence-electron chi connectivity index (χ0n) is 13.4. The number of fused-ring (bicyclic) bond motifs is 1. The minimum Gasteiger partial charge on any atom is -0.497 e. The average molecular weight is 328 g/mol. The lowest BCUT2D eigenvalue weighted by molar-refractivity contribution is 0.0957. The highest BCUT2D eigenvalue weighted by Gasteiger charge is 2.27. The number of ketones is 1. The van der Waals surface area contributed by atoms with Crippen molar-refractivity contribution in [3.63, 3.8) is 0 Å². The Kier molecular flexibility index (Phi) is 4.62. The molecule has 2 unspecified atom stereocenters. The number of hydrogen-bond donors (Lipinski definition) is 0. The van der Waals surface area contributed by atoms with Crippen molar-refractivity contribution in [1.29, 1.82) is 0 Å². The smallest absolute Gasteiger partial charge is 0.170 e. The van der Waals surface area contributed by atoms with Crippen LogP contribution >= 0.6 is 0 Å². The van der Waals surface area contributed by atoms with Gasteiger partial charge >= 0.3 is 0 Å². The maximum absolute atomic E-state index is 13.0. The summed E-state index contributed by atoms with van der Waals surface area (Å²) in [6.45, 7) is 0. The van der Waals surface area contributed by atoms with E-state index in [1.54, 1.807) is 13.4 Å². The predicted molar refractivity (Wildman–Crippen MR) is 91.8 cm³/mol. The van der Waals surface area contributed by atoms with Gasteiger partial charge in [0.15, 0.2) is 5.78 Å². The van der Waals surface area contributed by atoms with Gasteiger partial charge in [-0.05, 0) is 60.7 Å². The Bertz CT molecular complexity index is 767. The number of rotatable bonds is 3. The van der Waals surface area contributed by atoms with Gasteiger partial charge in [0, 0.05) is 33.4 Å². The Morgan fingerprint density at radius 2 is 2.00 bits per heavy atom. The fourth-order valence-corrected chi connectivity index (χ4v) is 3.76. The summed E-state index contributed by atoms with van der Waals surface area (Å²) in [7, 11) is 0.602. The molecule has 0 aromatic heterocycles. The molecule has 0 N–H and O–H groups in total. The molecule has 0 spiro atoms. The van der Waals surface area contributed by atoms with E-state index in [-0.39, 0.29) is 11.7 Å². The van der Waals surface area contributed by atoms with Crippen LogP contribution in [0, 0.1) is 0 Å². The summed E-state index contributed by atoms with van der Waals surface area (Å²) >= 11 is 0. The molecule has 0 saturated carbocycles. The summed E-state index contributed by atoms with van der Waals surface area (Å²) in [6, 6.07) is 13.3. The van der Waals surface area contributed by atoms with Crippen LogP contribution in [0.3, 0.4) is 0 Å². The largest absolute Gasteiger partial charge is 0.497 e. The van der Waals surface area contributed by atoms with Crippen LogP contribution in [-0.4, -0.2) is 23.4 Å². The van der Waals surface area contributed by atoms with Gasteiger partial charge in [-0.25, -0.2) is 0 Å². The molecule has 0 fully saturated rings. The van der Waals surface area contributed by atoms with Gasteiger partial charge in [-0.3, -0.25) is 9.00 Å². The minimum absolute atomic E-state index is 0.152. The molecule has 2 aromatic carbocycles. The second-order valence-corrected chi connectivity index (χ2v) is 7.24. The van der Waals surface area contributed by atoms with E-state index < -0.39 is 10.8 Å². The summed E-state index contributed by atoms with van der Waals surface area (Å²) in [5.74, 6) is 0.783. The van der Waals surface area contributed by atoms with Crippen molar-refractivity contribution in [1.82, 2.24) is 0 Å². The van der Waals surface area contributed by atoms with E-state index in [1.807, 2.05) is 42.5 Å². The van der Waals surface area contributed by atoms with Gasteiger partial charge in [0.05, 0.1) is 7.11 Å². The lowest BCUT2D eigenvalue weighted by atomic mass is 9.88. The lowest BCUT2D eigenvalue weighted by Gasteiger charge is -2.15. The van der Waals surface area contributed by atoms with Crippen LogP contribution in [0.5, 0.6) is 5.75 Å². The molecule has 0 aliphatic heterocycles. The van der Waals surface area contributed by atoms with Crippen LogP contribution in [-0.2, 0) is 17.2 Å². The number of carbonyl (C=O) groups is 1. The third-order valence-electron chi connectivity index (χ3n) is 4.43. The molecule has 3 nitrogen and oxygen atoms in total. The highest BCUT2D eigenvalue weighted by molar-refractivity contribution is 7.84. The van der Waals surface area contributed by atoms with E-state index in [9.17, 15) is 9.00 Å². The molecule has 0 radical (unpaired) electrons. The number of aryl methyl sites for hydroxylation is 1. The van der Waals surface area contributed by atoms with Gasteiger partial charge in [-0.1, -0.05) is 12.1 Å². The van der Waals surface area contributed by atoms with E-state index in [0.29, 0.717) is 0 Å². The average Bonchev–Trinajstić information content (AvgIpc) is 2.73. The molecule has 4 heteroatoms. The molecule has 23 heavy (non-hydrogen) atoms. The Morgan fingerprint density at radius 3 is 2.74 bits per heavy atom. The molecule has 3 rings (SSSR count). The van der Waals surface area contributed by atoms with Crippen LogP contribution < -0.4 is 4.74 Å². The molecule has 0 amide bonds. The number of hydrogen-bond acceptors (Lipinski definition) is 3. The van der Waals surface area contributed by atoms with E-state index in [2.05, 4.69) is 0 Å². The van der Waals surface area contributed by atoms with Crippen LogP contribution in [0.15, 0.2) is 47.4 Å². The third kappa shape index (κ3) is 3.22. The maximum Gasteiger partial charge on any atom is 0.170 e. The van der Waals surface area contributed by atoms with Gasteiger partial charge < -0.3 is 4.74 Å². The van der Waals surface area contributed by atoms with Gasteiger partial charge in [-0.15, -0.1) is 0 Å². The number of Topliss-reactive ketones (excluding diaryl/α,β-unsaturated/α-hetero) is 1. The normalized spacial score (nSPS) is 18.9. The number of ether oxygens (including phenoxy) is 1. The van der Waals surface area contributed by atoms with Gasteiger partial charge in [0.25, 0.3) is 0 Å². The molecule has 120 valence electrons. The molecule has 0 heterocycles. The first-order chi connectivity index (χ1) is 11.1. The van der Waals surface area contributed by atoms with E-state index in [0.717, 1.165) is 46.6 Å². The van der Waals surface area contributed by atoms with Crippen molar-refractivity contribution in [2.24, 2.45) is 0 Å².